The van der Waals surface area contributed by atoms with Crippen molar-refractivity contribution in [2.45, 2.75) is 59.8 Å². The van der Waals surface area contributed by atoms with Crippen LogP contribution in [0.15, 0.2) is 48.6 Å². The molecule has 0 aromatic carbocycles. The standard InChI is InChI=1S/C26H38/c1-5-18-16-19(22-11-7-6-10-21(18)22)14-15-20-17-25(26(2,3)4)24-13-9-8-12-23(20)24/h6-13,18-25H,5,14-17H2,1-4H3/i5T2. The van der Waals surface area contributed by atoms with Crippen LogP contribution in [0.25, 0.3) is 0 Å². The van der Waals surface area contributed by atoms with E-state index in [2.05, 4.69) is 69.4 Å². The number of hydrogen-bond acceptors (Lipinski definition) is 0. The molecule has 0 saturated heterocycles. The summed E-state index contributed by atoms with van der Waals surface area (Å²) in [5.41, 5.74) is 0.367. The SMILES string of the molecule is [3H]C([3H])(C)C1CC(CCC2CC(C(C)(C)C)C3C=CC=CC23)C2C=CC=CC21. The second-order valence-corrected chi connectivity index (χ2v) is 10.3. The maximum absolute atomic E-state index is 8.35. The second-order valence-electron chi connectivity index (χ2n) is 10.3. The summed E-state index contributed by atoms with van der Waals surface area (Å²) in [6.45, 7) is 9.03. The molecule has 8 unspecified atom stereocenters. The van der Waals surface area contributed by atoms with Crippen LogP contribution in [0.5, 0.6) is 0 Å². The largest absolute Gasteiger partial charge is 0.0806 e. The zero-order chi connectivity index (χ0) is 20.1. The second kappa shape index (κ2) is 7.17. The Morgan fingerprint density at radius 1 is 0.731 bits per heavy atom. The van der Waals surface area contributed by atoms with E-state index in [1.807, 2.05) is 0 Å². The molecule has 4 aliphatic rings. The third-order valence-electron chi connectivity index (χ3n) is 7.97. The first-order valence-electron chi connectivity index (χ1n) is 11.9. The summed E-state index contributed by atoms with van der Waals surface area (Å²) >= 11 is 0. The molecule has 4 rings (SSSR count). The third kappa shape index (κ3) is 3.30. The van der Waals surface area contributed by atoms with Gasteiger partial charge in [0.1, 0.15) is 0 Å². The number of rotatable bonds is 4. The van der Waals surface area contributed by atoms with Crippen molar-refractivity contribution in [2.24, 2.45) is 52.8 Å². The van der Waals surface area contributed by atoms with Crippen LogP contribution >= 0.6 is 0 Å². The van der Waals surface area contributed by atoms with Gasteiger partial charge in [0.2, 0.25) is 0 Å². The number of fused-ring (bicyclic) bond motifs is 2. The van der Waals surface area contributed by atoms with E-state index in [9.17, 15) is 0 Å². The molecule has 0 aromatic heterocycles. The first-order valence-corrected chi connectivity index (χ1v) is 10.9. The van der Waals surface area contributed by atoms with Crippen molar-refractivity contribution in [1.82, 2.24) is 0 Å². The zero-order valence-electron chi connectivity index (χ0n) is 19.1. The van der Waals surface area contributed by atoms with Crippen molar-refractivity contribution >= 4 is 0 Å². The van der Waals surface area contributed by atoms with Gasteiger partial charge in [0.15, 0.2) is 0 Å². The molecule has 0 spiro atoms. The van der Waals surface area contributed by atoms with Crippen LogP contribution in [0, 0.1) is 52.8 Å². The van der Waals surface area contributed by atoms with Crippen LogP contribution in [0.2, 0.25) is 0 Å². The zero-order valence-corrected chi connectivity index (χ0v) is 17.1. The van der Waals surface area contributed by atoms with Crippen LogP contribution in [0.3, 0.4) is 0 Å². The maximum atomic E-state index is 8.35. The van der Waals surface area contributed by atoms with Crippen molar-refractivity contribution in [3.63, 3.8) is 0 Å². The van der Waals surface area contributed by atoms with E-state index >= 15 is 0 Å². The average Bonchev–Trinajstić information content (AvgIpc) is 3.18. The predicted octanol–water partition coefficient (Wildman–Crippen LogP) is 7.21. The Morgan fingerprint density at radius 2 is 1.19 bits per heavy atom. The van der Waals surface area contributed by atoms with E-state index in [-0.39, 0.29) is 5.92 Å². The summed E-state index contributed by atoms with van der Waals surface area (Å²) in [5.74, 6) is 4.72. The highest BCUT2D eigenvalue weighted by Gasteiger charge is 2.46. The highest BCUT2D eigenvalue weighted by Crippen LogP contribution is 2.54. The minimum absolute atomic E-state index is 0.167. The van der Waals surface area contributed by atoms with Crippen LogP contribution in [0.4, 0.5) is 0 Å². The van der Waals surface area contributed by atoms with E-state index in [0.29, 0.717) is 35.0 Å². The van der Waals surface area contributed by atoms with Crippen LogP contribution < -0.4 is 0 Å². The predicted molar refractivity (Wildman–Crippen MR) is 113 cm³/mol. The van der Waals surface area contributed by atoms with Crippen LogP contribution in [-0.4, -0.2) is 0 Å². The molecule has 0 N–H and O–H groups in total. The molecule has 0 bridgehead atoms. The summed E-state index contributed by atoms with van der Waals surface area (Å²) in [7, 11) is 0. The van der Waals surface area contributed by atoms with Gasteiger partial charge in [0.05, 0.1) is 0 Å². The van der Waals surface area contributed by atoms with E-state index < -0.39 is 6.37 Å². The monoisotopic (exact) mass is 354 g/mol. The quantitative estimate of drug-likeness (QED) is 0.500. The fourth-order valence-electron chi connectivity index (χ4n) is 6.60. The van der Waals surface area contributed by atoms with Gasteiger partial charge in [-0.25, -0.2) is 0 Å². The average molecular weight is 355 g/mol. The Balaban J connectivity index is 1.45. The van der Waals surface area contributed by atoms with Gasteiger partial charge in [-0.05, 0) is 78.4 Å². The van der Waals surface area contributed by atoms with Gasteiger partial charge in [-0.15, -0.1) is 0 Å². The van der Waals surface area contributed by atoms with E-state index in [1.165, 1.54) is 19.3 Å². The molecular weight excluding hydrogens is 312 g/mol. The summed E-state index contributed by atoms with van der Waals surface area (Å²) in [6.07, 6.45) is 22.3. The van der Waals surface area contributed by atoms with Crippen molar-refractivity contribution < 1.29 is 2.74 Å². The van der Waals surface area contributed by atoms with Crippen LogP contribution in [-0.2, 0) is 0 Å². The summed E-state index contributed by atoms with van der Waals surface area (Å²) in [6, 6.07) is 0. The fraction of sp³-hybridized carbons (Fsp3) is 0.692. The van der Waals surface area contributed by atoms with Gasteiger partial charge >= 0.3 is 0 Å². The summed E-state index contributed by atoms with van der Waals surface area (Å²) < 4.78 is 16.7. The molecule has 0 radical (unpaired) electrons. The van der Waals surface area contributed by atoms with Gasteiger partial charge in [0, 0.05) is 2.74 Å². The lowest BCUT2D eigenvalue weighted by Gasteiger charge is -2.33. The smallest absolute Gasteiger partial charge is 0.0267 e. The molecule has 0 heteroatoms. The van der Waals surface area contributed by atoms with Gasteiger partial charge in [-0.2, -0.15) is 0 Å². The first kappa shape index (κ1) is 16.0. The molecule has 0 nitrogen and oxygen atoms in total. The van der Waals surface area contributed by atoms with E-state index in [1.54, 1.807) is 6.92 Å². The molecular formula is C26H38. The van der Waals surface area contributed by atoms with Gasteiger partial charge in [0.25, 0.3) is 0 Å². The molecule has 0 aliphatic heterocycles. The topological polar surface area (TPSA) is 0 Å². The Labute approximate surface area is 164 Å². The first-order chi connectivity index (χ1) is 13.2. The van der Waals surface area contributed by atoms with Gasteiger partial charge < -0.3 is 0 Å². The van der Waals surface area contributed by atoms with Crippen molar-refractivity contribution in [3.05, 3.63) is 48.6 Å². The molecule has 0 amide bonds. The maximum Gasteiger partial charge on any atom is 0.0267 e. The highest BCUT2D eigenvalue weighted by atomic mass is 14.5. The van der Waals surface area contributed by atoms with E-state index in [4.69, 9.17) is 2.74 Å². The molecule has 2 fully saturated rings. The Bertz CT molecular complexity index is 624. The summed E-state index contributed by atoms with van der Waals surface area (Å²) in [4.78, 5) is 0. The molecule has 142 valence electrons. The van der Waals surface area contributed by atoms with Crippen molar-refractivity contribution in [1.29, 1.82) is 0 Å². The molecule has 4 aliphatic carbocycles. The Kier molecular flexibility index (Phi) is 4.40. The molecule has 8 atom stereocenters. The molecule has 0 aromatic rings. The minimum Gasteiger partial charge on any atom is -0.0806 e. The normalized spacial score (nSPS) is 45.4. The van der Waals surface area contributed by atoms with Crippen molar-refractivity contribution in [2.75, 3.05) is 0 Å². The Hall–Kier alpha value is -1.04. The molecule has 0 heterocycles. The third-order valence-corrected chi connectivity index (χ3v) is 7.97. The molecule has 26 heavy (non-hydrogen) atoms. The number of hydrogen-bond donors (Lipinski definition) is 0. The summed E-state index contributed by atoms with van der Waals surface area (Å²) in [5, 5.41) is 0. The lowest BCUT2D eigenvalue weighted by molar-refractivity contribution is 0.200. The fourth-order valence-corrected chi connectivity index (χ4v) is 6.60. The minimum atomic E-state index is -1.08. The molecule has 2 saturated carbocycles. The highest BCUT2D eigenvalue weighted by molar-refractivity contribution is 5.21. The van der Waals surface area contributed by atoms with Crippen LogP contribution in [0.1, 0.15) is 62.5 Å². The number of allylic oxidation sites excluding steroid dienone is 8. The van der Waals surface area contributed by atoms with Gasteiger partial charge in [-0.1, -0.05) is 82.7 Å². The Morgan fingerprint density at radius 3 is 1.73 bits per heavy atom. The lowest BCUT2D eigenvalue weighted by Crippen LogP contribution is -2.25. The van der Waals surface area contributed by atoms with Gasteiger partial charge in [-0.3, -0.25) is 0 Å². The van der Waals surface area contributed by atoms with Crippen molar-refractivity contribution in [3.8, 4) is 0 Å². The van der Waals surface area contributed by atoms with E-state index in [0.717, 1.165) is 18.3 Å². The lowest BCUT2D eigenvalue weighted by atomic mass is 9.72.